The van der Waals surface area contributed by atoms with Gasteiger partial charge in [-0.05, 0) is 75.6 Å². The molecule has 6 rings (SSSR count). The summed E-state index contributed by atoms with van der Waals surface area (Å²) in [7, 11) is 0. The van der Waals surface area contributed by atoms with E-state index in [4.69, 9.17) is 24.6 Å². The highest BCUT2D eigenvalue weighted by Crippen LogP contribution is 2.24. The van der Waals surface area contributed by atoms with Crippen molar-refractivity contribution in [3.8, 4) is 23.0 Å². The first-order valence-electron chi connectivity index (χ1n) is 21.6. The van der Waals surface area contributed by atoms with Crippen molar-refractivity contribution < 1.29 is 73.2 Å². The molecule has 4 amide bonds. The molecule has 0 radical (unpaired) electrons. The number of benzene rings is 2. The number of hydrogen-bond donors (Lipinski definition) is 4. The molecule has 4 aliphatic rings. The van der Waals surface area contributed by atoms with Crippen molar-refractivity contribution in [2.45, 2.75) is 155 Å². The third-order valence-corrected chi connectivity index (χ3v) is 10.2. The fourth-order valence-electron chi connectivity index (χ4n) is 6.54. The third kappa shape index (κ3) is 22.0. The van der Waals surface area contributed by atoms with Gasteiger partial charge >= 0.3 is 11.9 Å². The number of phenols is 2. The van der Waals surface area contributed by atoms with Crippen molar-refractivity contribution >= 4 is 54.1 Å². The summed E-state index contributed by atoms with van der Waals surface area (Å²) in [6.07, 6.45) is 17.1. The standard InChI is InChI=1S/C16H17NO7.C13H22N2.C12H14O5.C4H5NO3.2CH4/c18-10-11-4-5-12(9-13(11)19)23-8-2-1-3-16(22)24-17-14(20)6-7-15(17)21;1-3-7-12(8-4-1)14-11-15-13-9-5-2-6-10-13;13-8-9-4-5-10(7-11(9)14)17-6-2-1-3-12(15)16;6-3-1-2-4(7)5(3)8;;/h4-5,9-10,19H,1-3,6-8H2;12-13H,1-10H2;4-5,7-8,14H,1-3,6H2,(H,15,16);8H,1-2H2;2*1H4. The number of hydrogen-bond acceptors (Lipinski definition) is 16. The van der Waals surface area contributed by atoms with Crippen molar-refractivity contribution in [2.24, 2.45) is 9.98 Å². The van der Waals surface area contributed by atoms with E-state index in [1.165, 1.54) is 88.5 Å². The fraction of sp³-hybridized carbons (Fsp3) is 0.553. The van der Waals surface area contributed by atoms with Crippen LogP contribution in [0.25, 0.3) is 0 Å². The van der Waals surface area contributed by atoms with Crippen LogP contribution in [0.2, 0.25) is 0 Å². The van der Waals surface area contributed by atoms with Crippen LogP contribution in [0.4, 0.5) is 0 Å². The Balaban J connectivity index is 0.000000460. The van der Waals surface area contributed by atoms with E-state index in [-0.39, 0.29) is 81.1 Å². The second kappa shape index (κ2) is 32.2. The van der Waals surface area contributed by atoms with Gasteiger partial charge in [0.2, 0.25) is 0 Å². The molecule has 364 valence electrons. The molecule has 0 aromatic heterocycles. The number of carbonyl (C=O) groups is 8. The predicted molar refractivity (Wildman–Crippen MR) is 240 cm³/mol. The third-order valence-electron chi connectivity index (χ3n) is 10.2. The Labute approximate surface area is 385 Å². The minimum absolute atomic E-state index is 0. The number of rotatable bonds is 17. The summed E-state index contributed by atoms with van der Waals surface area (Å²) in [5, 5.41) is 36.4. The molecule has 66 heavy (non-hydrogen) atoms. The molecule has 2 saturated heterocycles. The maximum Gasteiger partial charge on any atom is 0.333 e. The molecule has 0 atom stereocenters. The fourth-order valence-corrected chi connectivity index (χ4v) is 6.54. The maximum atomic E-state index is 11.6. The first-order valence-corrected chi connectivity index (χ1v) is 21.6. The summed E-state index contributed by atoms with van der Waals surface area (Å²) in [6, 6.07) is 12.8. The van der Waals surface area contributed by atoms with Crippen LogP contribution in [0.5, 0.6) is 23.0 Å². The molecule has 0 spiro atoms. The Hall–Kier alpha value is -6.46. The van der Waals surface area contributed by atoms with Crippen LogP contribution in [0.3, 0.4) is 0 Å². The number of hydroxylamine groups is 4. The number of phenolic OH excluding ortho intramolecular Hbond substituents is 2. The smallest absolute Gasteiger partial charge is 0.333 e. The van der Waals surface area contributed by atoms with Crippen LogP contribution in [-0.2, 0) is 33.6 Å². The zero-order chi connectivity index (χ0) is 46.7. The summed E-state index contributed by atoms with van der Waals surface area (Å²) in [5.74, 6) is -2.90. The van der Waals surface area contributed by atoms with Gasteiger partial charge in [-0.1, -0.05) is 53.4 Å². The van der Waals surface area contributed by atoms with Crippen LogP contribution in [-0.4, -0.2) is 110 Å². The number of amides is 4. The number of carboxylic acid groups (broad SMARTS) is 1. The van der Waals surface area contributed by atoms with Gasteiger partial charge < -0.3 is 29.6 Å². The first kappa shape index (κ1) is 57.6. The van der Waals surface area contributed by atoms with Crippen molar-refractivity contribution in [1.82, 2.24) is 10.1 Å². The van der Waals surface area contributed by atoms with Gasteiger partial charge in [-0.2, -0.15) is 5.06 Å². The Morgan fingerprint density at radius 2 is 1.05 bits per heavy atom. The van der Waals surface area contributed by atoms with E-state index < -0.39 is 35.6 Å². The number of imide groups is 2. The van der Waals surface area contributed by atoms with E-state index in [1.54, 1.807) is 12.1 Å². The number of carboxylic acids is 1. The topological polar surface area (TPSA) is 276 Å². The Morgan fingerprint density at radius 3 is 1.41 bits per heavy atom. The minimum atomic E-state index is -0.821. The highest BCUT2D eigenvalue weighted by Gasteiger charge is 2.32. The average molecular weight is 927 g/mol. The van der Waals surface area contributed by atoms with Gasteiger partial charge in [0.1, 0.15) is 23.0 Å². The summed E-state index contributed by atoms with van der Waals surface area (Å²) in [4.78, 5) is 99.5. The van der Waals surface area contributed by atoms with E-state index >= 15 is 0 Å². The van der Waals surface area contributed by atoms with Crippen LogP contribution in [0.1, 0.15) is 164 Å². The molecule has 2 aliphatic carbocycles. The van der Waals surface area contributed by atoms with E-state index in [0.717, 1.165) is 0 Å². The van der Waals surface area contributed by atoms with E-state index in [2.05, 4.69) is 16.0 Å². The van der Waals surface area contributed by atoms with E-state index in [0.29, 0.717) is 80.1 Å². The molecule has 4 fully saturated rings. The number of aldehydes is 2. The number of aliphatic carboxylic acids is 1. The molecule has 0 unspecified atom stereocenters. The largest absolute Gasteiger partial charge is 0.507 e. The zero-order valence-electron chi connectivity index (χ0n) is 35.9. The molecule has 19 nitrogen and oxygen atoms in total. The molecule has 0 bridgehead atoms. The molecule has 2 aromatic carbocycles. The molecule has 2 saturated carbocycles. The number of unbranched alkanes of at least 4 members (excludes halogenated alkanes) is 2. The molecule has 2 aliphatic heterocycles. The molecule has 19 heteroatoms. The summed E-state index contributed by atoms with van der Waals surface area (Å²) in [5.41, 5.74) is 0.388. The van der Waals surface area contributed by atoms with Crippen LogP contribution in [0, 0.1) is 0 Å². The minimum Gasteiger partial charge on any atom is -0.507 e. The number of carbonyl (C=O) groups excluding carboxylic acids is 7. The summed E-state index contributed by atoms with van der Waals surface area (Å²) < 4.78 is 10.7. The quantitative estimate of drug-likeness (QED) is 0.0387. The van der Waals surface area contributed by atoms with Crippen molar-refractivity contribution in [3.05, 3.63) is 47.5 Å². The predicted octanol–water partition coefficient (Wildman–Crippen LogP) is 7.82. The van der Waals surface area contributed by atoms with E-state index in [1.807, 2.05) is 0 Å². The summed E-state index contributed by atoms with van der Waals surface area (Å²) >= 11 is 0. The second-order valence-corrected chi connectivity index (χ2v) is 15.3. The number of aliphatic imine (C=N–C) groups is 2. The number of nitrogens with zero attached hydrogens (tertiary/aromatic N) is 4. The van der Waals surface area contributed by atoms with Crippen molar-refractivity contribution in [2.75, 3.05) is 13.2 Å². The van der Waals surface area contributed by atoms with Gasteiger partial charge in [0.05, 0.1) is 42.4 Å². The average Bonchev–Trinajstić information content (AvgIpc) is 3.77. The monoisotopic (exact) mass is 926 g/mol. The van der Waals surface area contributed by atoms with Crippen LogP contribution < -0.4 is 9.47 Å². The van der Waals surface area contributed by atoms with Gasteiger partial charge in [0.15, 0.2) is 12.6 Å². The SMILES string of the molecule is C.C.C(=NC1CCCCC1)=NC1CCCCC1.O=C1CCC(=O)N1O.O=Cc1ccc(OCCCCC(=O)O)cc1O.O=Cc1ccc(OCCCCC(=O)ON2C(=O)CCC2=O)cc1O. The van der Waals surface area contributed by atoms with Crippen molar-refractivity contribution in [1.29, 1.82) is 0 Å². The van der Waals surface area contributed by atoms with Crippen LogP contribution >= 0.6 is 0 Å². The first-order chi connectivity index (χ1) is 30.8. The summed E-state index contributed by atoms with van der Waals surface area (Å²) in [6.45, 7) is 0.682. The number of ether oxygens (including phenoxy) is 2. The van der Waals surface area contributed by atoms with Gasteiger partial charge in [-0.3, -0.25) is 38.8 Å². The Morgan fingerprint density at radius 1 is 0.636 bits per heavy atom. The zero-order valence-corrected chi connectivity index (χ0v) is 35.9. The van der Waals surface area contributed by atoms with Gasteiger partial charge in [0.25, 0.3) is 23.6 Å². The lowest BCUT2D eigenvalue weighted by atomic mass is 9.96. The molecule has 2 heterocycles. The Kier molecular flexibility index (Phi) is 28.1. The second-order valence-electron chi connectivity index (χ2n) is 15.3. The van der Waals surface area contributed by atoms with E-state index in [9.17, 15) is 48.6 Å². The van der Waals surface area contributed by atoms with Crippen LogP contribution in [0.15, 0.2) is 46.4 Å². The normalized spacial score (nSPS) is 15.7. The molecular weight excluding hydrogens is 861 g/mol. The molecule has 2 aromatic rings. The van der Waals surface area contributed by atoms with Gasteiger partial charge in [-0.15, -0.1) is 5.06 Å². The lowest BCUT2D eigenvalue weighted by molar-refractivity contribution is -0.197. The highest BCUT2D eigenvalue weighted by atomic mass is 16.7. The van der Waals surface area contributed by atoms with Gasteiger partial charge in [0, 0.05) is 50.7 Å². The molecular formula is C47H66N4O15. The van der Waals surface area contributed by atoms with Gasteiger partial charge in [-0.25, -0.2) is 14.8 Å². The lowest BCUT2D eigenvalue weighted by Gasteiger charge is -2.17. The maximum absolute atomic E-state index is 11.6. The lowest BCUT2D eigenvalue weighted by Crippen LogP contribution is -2.31. The van der Waals surface area contributed by atoms with Crippen molar-refractivity contribution in [3.63, 3.8) is 0 Å². The Bertz CT molecular complexity index is 1900. The highest BCUT2D eigenvalue weighted by molar-refractivity contribution is 6.01. The number of aromatic hydroxyl groups is 2. The molecule has 4 N–H and O–H groups in total.